The van der Waals surface area contributed by atoms with Gasteiger partial charge in [-0.1, -0.05) is 12.1 Å². The Bertz CT molecular complexity index is 571. The zero-order valence-corrected chi connectivity index (χ0v) is 15.2. The van der Waals surface area contributed by atoms with Gasteiger partial charge in [-0.15, -0.1) is 0 Å². The van der Waals surface area contributed by atoms with Crippen molar-refractivity contribution in [1.29, 1.82) is 0 Å². The Morgan fingerprint density at radius 1 is 0.750 bits per heavy atom. The summed E-state index contributed by atoms with van der Waals surface area (Å²) in [7, 11) is 0. The summed E-state index contributed by atoms with van der Waals surface area (Å²) in [4.78, 5) is 0. The van der Waals surface area contributed by atoms with Crippen molar-refractivity contribution in [3.8, 4) is 11.5 Å². The molecule has 2 aromatic rings. The average molecular weight is 402 g/mol. The number of fused-ring (bicyclic) bond motifs is 1. The van der Waals surface area contributed by atoms with E-state index in [0.29, 0.717) is 0 Å². The standard InChI is InChI=1S/C16H18Br2O2/c1-9(2)19-12-7-5-11-6-8-13(20-10(3)4)16(18)14(11)15(12)17/h5-10H,1-4H3. The Kier molecular flexibility index (Phi) is 4.97. The van der Waals surface area contributed by atoms with Crippen molar-refractivity contribution in [3.05, 3.63) is 33.2 Å². The molecule has 0 atom stereocenters. The smallest absolute Gasteiger partial charge is 0.134 e. The predicted molar refractivity (Wildman–Crippen MR) is 90.9 cm³/mol. The molecule has 0 aromatic heterocycles. The van der Waals surface area contributed by atoms with Crippen molar-refractivity contribution >= 4 is 42.6 Å². The molecule has 0 N–H and O–H groups in total. The van der Waals surface area contributed by atoms with E-state index in [0.717, 1.165) is 31.2 Å². The van der Waals surface area contributed by atoms with Gasteiger partial charge in [-0.2, -0.15) is 0 Å². The first-order valence-corrected chi connectivity index (χ1v) is 8.22. The molecule has 2 nitrogen and oxygen atoms in total. The maximum atomic E-state index is 5.82. The number of hydrogen-bond acceptors (Lipinski definition) is 2. The second-order valence-corrected chi connectivity index (χ2v) is 6.77. The van der Waals surface area contributed by atoms with E-state index < -0.39 is 0 Å². The van der Waals surface area contributed by atoms with E-state index in [2.05, 4.69) is 44.0 Å². The summed E-state index contributed by atoms with van der Waals surface area (Å²) >= 11 is 7.30. The Hall–Kier alpha value is -0.740. The Labute approximate surface area is 136 Å². The summed E-state index contributed by atoms with van der Waals surface area (Å²) in [5.41, 5.74) is 0. The summed E-state index contributed by atoms with van der Waals surface area (Å²) in [5, 5.41) is 2.21. The lowest BCUT2D eigenvalue weighted by molar-refractivity contribution is 0.240. The molecule has 0 amide bonds. The van der Waals surface area contributed by atoms with Crippen LogP contribution in [-0.2, 0) is 0 Å². The van der Waals surface area contributed by atoms with Crippen LogP contribution in [0.3, 0.4) is 0 Å². The van der Waals surface area contributed by atoms with Gasteiger partial charge in [0.1, 0.15) is 11.5 Å². The molecule has 108 valence electrons. The highest BCUT2D eigenvalue weighted by atomic mass is 79.9. The van der Waals surface area contributed by atoms with Crippen LogP contribution in [0.5, 0.6) is 11.5 Å². The second-order valence-electron chi connectivity index (χ2n) is 5.19. The largest absolute Gasteiger partial charge is 0.490 e. The van der Waals surface area contributed by atoms with Gasteiger partial charge in [0.2, 0.25) is 0 Å². The van der Waals surface area contributed by atoms with Gasteiger partial charge >= 0.3 is 0 Å². The molecular weight excluding hydrogens is 384 g/mol. The molecule has 0 heterocycles. The van der Waals surface area contributed by atoms with Crippen LogP contribution >= 0.6 is 31.9 Å². The summed E-state index contributed by atoms with van der Waals surface area (Å²) in [6.45, 7) is 8.07. The second kappa shape index (κ2) is 6.35. The van der Waals surface area contributed by atoms with E-state index in [9.17, 15) is 0 Å². The van der Waals surface area contributed by atoms with Crippen molar-refractivity contribution in [1.82, 2.24) is 0 Å². The number of ether oxygens (including phenoxy) is 2. The number of hydrogen-bond donors (Lipinski definition) is 0. The minimum atomic E-state index is 0.137. The van der Waals surface area contributed by atoms with Crippen LogP contribution in [0.15, 0.2) is 33.2 Å². The maximum Gasteiger partial charge on any atom is 0.134 e. The van der Waals surface area contributed by atoms with Gasteiger partial charge in [-0.3, -0.25) is 0 Å². The Morgan fingerprint density at radius 3 is 1.50 bits per heavy atom. The molecule has 4 heteroatoms. The monoisotopic (exact) mass is 400 g/mol. The van der Waals surface area contributed by atoms with Gasteiger partial charge in [0.25, 0.3) is 0 Å². The van der Waals surface area contributed by atoms with E-state index in [1.54, 1.807) is 0 Å². The Morgan fingerprint density at radius 2 is 1.15 bits per heavy atom. The van der Waals surface area contributed by atoms with Crippen molar-refractivity contribution in [2.45, 2.75) is 39.9 Å². The van der Waals surface area contributed by atoms with Gasteiger partial charge in [-0.25, -0.2) is 0 Å². The number of halogens is 2. The third-order valence-electron chi connectivity index (χ3n) is 2.71. The lowest BCUT2D eigenvalue weighted by Crippen LogP contribution is -2.07. The quantitative estimate of drug-likeness (QED) is 0.631. The van der Waals surface area contributed by atoms with Crippen molar-refractivity contribution < 1.29 is 9.47 Å². The van der Waals surface area contributed by atoms with Crippen LogP contribution in [-0.4, -0.2) is 12.2 Å². The van der Waals surface area contributed by atoms with E-state index in [1.165, 1.54) is 0 Å². The Balaban J connectivity index is 2.59. The van der Waals surface area contributed by atoms with Crippen molar-refractivity contribution in [2.75, 3.05) is 0 Å². The van der Waals surface area contributed by atoms with Gasteiger partial charge in [-0.05, 0) is 77.1 Å². The highest BCUT2D eigenvalue weighted by molar-refractivity contribution is 9.11. The van der Waals surface area contributed by atoms with Crippen LogP contribution < -0.4 is 9.47 Å². The third-order valence-corrected chi connectivity index (χ3v) is 4.29. The fourth-order valence-electron chi connectivity index (χ4n) is 1.99. The number of benzene rings is 2. The molecule has 0 fully saturated rings. The van der Waals surface area contributed by atoms with Crippen molar-refractivity contribution in [3.63, 3.8) is 0 Å². The van der Waals surface area contributed by atoms with Crippen LogP contribution in [0.25, 0.3) is 10.8 Å². The molecule has 0 saturated carbocycles. The highest BCUT2D eigenvalue weighted by Gasteiger charge is 2.14. The SMILES string of the molecule is CC(C)Oc1ccc2ccc(OC(C)C)c(Br)c2c1Br. The fourth-order valence-corrected chi connectivity index (χ4v) is 3.56. The number of rotatable bonds is 4. The minimum Gasteiger partial charge on any atom is -0.490 e. The average Bonchev–Trinajstić information content (AvgIpc) is 2.35. The molecule has 20 heavy (non-hydrogen) atoms. The molecule has 0 aliphatic carbocycles. The first-order chi connectivity index (χ1) is 9.40. The molecule has 0 aliphatic rings. The summed E-state index contributed by atoms with van der Waals surface area (Å²) in [5.74, 6) is 1.68. The lowest BCUT2D eigenvalue weighted by Gasteiger charge is -2.16. The van der Waals surface area contributed by atoms with Crippen molar-refractivity contribution in [2.24, 2.45) is 0 Å². The van der Waals surface area contributed by atoms with E-state index >= 15 is 0 Å². The molecule has 2 rings (SSSR count). The lowest BCUT2D eigenvalue weighted by atomic mass is 10.1. The fraction of sp³-hybridized carbons (Fsp3) is 0.375. The van der Waals surface area contributed by atoms with Crippen LogP contribution in [0.1, 0.15) is 27.7 Å². The summed E-state index contributed by atoms with van der Waals surface area (Å²) in [6.07, 6.45) is 0.273. The minimum absolute atomic E-state index is 0.137. The first-order valence-electron chi connectivity index (χ1n) is 6.64. The van der Waals surface area contributed by atoms with Crippen LogP contribution in [0, 0.1) is 0 Å². The zero-order chi connectivity index (χ0) is 14.9. The summed E-state index contributed by atoms with van der Waals surface area (Å²) < 4.78 is 13.5. The van der Waals surface area contributed by atoms with Gasteiger partial charge in [0.05, 0.1) is 21.2 Å². The van der Waals surface area contributed by atoms with E-state index in [4.69, 9.17) is 9.47 Å². The van der Waals surface area contributed by atoms with E-state index in [-0.39, 0.29) is 12.2 Å². The normalized spacial score (nSPS) is 11.4. The molecule has 0 saturated heterocycles. The van der Waals surface area contributed by atoms with Gasteiger partial charge in [0.15, 0.2) is 0 Å². The molecule has 0 unspecified atom stereocenters. The molecule has 0 radical (unpaired) electrons. The molecule has 0 aliphatic heterocycles. The maximum absolute atomic E-state index is 5.82. The first kappa shape index (κ1) is 15.6. The van der Waals surface area contributed by atoms with Crippen LogP contribution in [0.4, 0.5) is 0 Å². The molecule has 2 aromatic carbocycles. The van der Waals surface area contributed by atoms with Gasteiger partial charge < -0.3 is 9.47 Å². The van der Waals surface area contributed by atoms with Crippen LogP contribution in [0.2, 0.25) is 0 Å². The zero-order valence-electron chi connectivity index (χ0n) is 12.0. The summed E-state index contributed by atoms with van der Waals surface area (Å²) in [6, 6.07) is 8.09. The third kappa shape index (κ3) is 3.29. The topological polar surface area (TPSA) is 18.5 Å². The van der Waals surface area contributed by atoms with E-state index in [1.807, 2.05) is 39.8 Å². The molecule has 0 bridgehead atoms. The molecule has 0 spiro atoms. The highest BCUT2D eigenvalue weighted by Crippen LogP contribution is 2.42. The predicted octanol–water partition coefficient (Wildman–Crippen LogP) is 5.94. The molecular formula is C16H18Br2O2. The van der Waals surface area contributed by atoms with Gasteiger partial charge in [0, 0.05) is 5.39 Å².